The first-order valence-corrected chi connectivity index (χ1v) is 8.91. The predicted octanol–water partition coefficient (Wildman–Crippen LogP) is 3.14. The largest absolute Gasteiger partial charge is 0.361 e. The van der Waals surface area contributed by atoms with E-state index in [0.29, 0.717) is 13.2 Å². The van der Waals surface area contributed by atoms with Gasteiger partial charge >= 0.3 is 0 Å². The molecule has 0 saturated carbocycles. The molecule has 4 rings (SSSR count). The molecular formula is C21H23NO4. The van der Waals surface area contributed by atoms with E-state index in [-0.39, 0.29) is 18.1 Å². The lowest BCUT2D eigenvalue weighted by molar-refractivity contribution is -0.164. The number of para-hydroxylation sites is 1. The van der Waals surface area contributed by atoms with Crippen LogP contribution in [-0.4, -0.2) is 36.6 Å². The van der Waals surface area contributed by atoms with Gasteiger partial charge in [0.1, 0.15) is 12.1 Å². The van der Waals surface area contributed by atoms with Crippen molar-refractivity contribution >= 4 is 11.6 Å². The summed E-state index contributed by atoms with van der Waals surface area (Å²) in [6, 6.07) is 19.3. The average Bonchev–Trinajstić information content (AvgIpc) is 3.00. The molecule has 2 heterocycles. The molecule has 0 unspecified atom stereocenters. The summed E-state index contributed by atoms with van der Waals surface area (Å²) in [7, 11) is 0. The maximum Gasteiger partial charge on any atom is 0.258 e. The van der Waals surface area contributed by atoms with Gasteiger partial charge in [0, 0.05) is 5.69 Å². The molecule has 0 radical (unpaired) electrons. The molecule has 2 fully saturated rings. The monoisotopic (exact) mass is 353 g/mol. The van der Waals surface area contributed by atoms with Gasteiger partial charge in [0.25, 0.3) is 5.91 Å². The van der Waals surface area contributed by atoms with Crippen LogP contribution in [0.2, 0.25) is 0 Å². The van der Waals surface area contributed by atoms with Crippen LogP contribution in [0.5, 0.6) is 0 Å². The number of amides is 1. The molecule has 2 aromatic rings. The van der Waals surface area contributed by atoms with Crippen molar-refractivity contribution in [2.24, 2.45) is 0 Å². The fraction of sp³-hybridized carbons (Fsp3) is 0.381. The summed E-state index contributed by atoms with van der Waals surface area (Å²) >= 11 is 0. The van der Waals surface area contributed by atoms with E-state index in [1.54, 1.807) is 4.90 Å². The molecular weight excluding hydrogens is 330 g/mol. The van der Waals surface area contributed by atoms with Gasteiger partial charge in [-0.2, -0.15) is 0 Å². The van der Waals surface area contributed by atoms with E-state index in [0.717, 1.165) is 11.3 Å². The van der Waals surface area contributed by atoms with Crippen LogP contribution in [0.4, 0.5) is 5.69 Å². The minimum Gasteiger partial charge on any atom is -0.361 e. The highest BCUT2D eigenvalue weighted by molar-refractivity contribution is 6.05. The van der Waals surface area contributed by atoms with Crippen LogP contribution < -0.4 is 4.90 Å². The summed E-state index contributed by atoms with van der Waals surface area (Å²) in [6.07, 6.45) is -0.749. The number of hydrogen-bond acceptors (Lipinski definition) is 4. The molecule has 2 aliphatic rings. The third-order valence-electron chi connectivity index (χ3n) is 4.81. The van der Waals surface area contributed by atoms with Gasteiger partial charge in [-0.1, -0.05) is 48.5 Å². The summed E-state index contributed by atoms with van der Waals surface area (Å²) in [5.74, 6) is -0.680. The Hall–Kier alpha value is -2.21. The SMILES string of the molecule is CC1(C)OC[C@H]([C@H]2[C@@H](OCc3ccccc3)C(=O)N2c2ccccc2)O1. The maximum absolute atomic E-state index is 12.8. The molecule has 0 N–H and O–H groups in total. The molecule has 26 heavy (non-hydrogen) atoms. The second kappa shape index (κ2) is 6.83. The molecule has 136 valence electrons. The van der Waals surface area contributed by atoms with Crippen molar-refractivity contribution in [3.05, 3.63) is 66.2 Å². The highest BCUT2D eigenvalue weighted by atomic mass is 16.7. The topological polar surface area (TPSA) is 48.0 Å². The van der Waals surface area contributed by atoms with Gasteiger partial charge in [-0.05, 0) is 31.5 Å². The van der Waals surface area contributed by atoms with Crippen LogP contribution >= 0.6 is 0 Å². The molecule has 0 aliphatic carbocycles. The third kappa shape index (κ3) is 3.26. The zero-order valence-electron chi connectivity index (χ0n) is 15.0. The van der Waals surface area contributed by atoms with Crippen molar-refractivity contribution < 1.29 is 19.0 Å². The van der Waals surface area contributed by atoms with Crippen molar-refractivity contribution in [1.82, 2.24) is 0 Å². The smallest absolute Gasteiger partial charge is 0.258 e. The minimum atomic E-state index is -0.643. The summed E-state index contributed by atoms with van der Waals surface area (Å²) in [5, 5.41) is 0. The Morgan fingerprint density at radius 2 is 1.73 bits per heavy atom. The first kappa shape index (κ1) is 17.2. The van der Waals surface area contributed by atoms with E-state index in [1.165, 1.54) is 0 Å². The van der Waals surface area contributed by atoms with E-state index in [9.17, 15) is 4.79 Å². The lowest BCUT2D eigenvalue weighted by Gasteiger charge is -2.48. The van der Waals surface area contributed by atoms with E-state index in [2.05, 4.69) is 0 Å². The molecule has 2 saturated heterocycles. The van der Waals surface area contributed by atoms with Gasteiger partial charge in [-0.25, -0.2) is 0 Å². The lowest BCUT2D eigenvalue weighted by atomic mass is 9.91. The summed E-state index contributed by atoms with van der Waals surface area (Å²) in [6.45, 7) is 4.62. The minimum absolute atomic E-state index is 0.0366. The van der Waals surface area contributed by atoms with Gasteiger partial charge < -0.3 is 19.1 Å². The zero-order valence-corrected chi connectivity index (χ0v) is 15.0. The van der Waals surface area contributed by atoms with Crippen molar-refractivity contribution in [1.29, 1.82) is 0 Å². The van der Waals surface area contributed by atoms with Gasteiger partial charge in [-0.15, -0.1) is 0 Å². The van der Waals surface area contributed by atoms with E-state index in [1.807, 2.05) is 74.5 Å². The number of carbonyl (C=O) groups excluding carboxylic acids is 1. The lowest BCUT2D eigenvalue weighted by Crippen LogP contribution is -2.70. The second-order valence-electron chi connectivity index (χ2n) is 7.12. The fourth-order valence-electron chi connectivity index (χ4n) is 3.55. The number of rotatable bonds is 5. The summed E-state index contributed by atoms with van der Waals surface area (Å²) < 4.78 is 17.8. The van der Waals surface area contributed by atoms with Gasteiger partial charge in [-0.3, -0.25) is 4.79 Å². The number of ether oxygens (including phenoxy) is 3. The Kier molecular flexibility index (Phi) is 4.53. The van der Waals surface area contributed by atoms with Crippen LogP contribution in [0.25, 0.3) is 0 Å². The van der Waals surface area contributed by atoms with Crippen LogP contribution in [-0.2, 0) is 25.6 Å². The maximum atomic E-state index is 12.8. The molecule has 0 spiro atoms. The molecule has 3 atom stereocenters. The first-order valence-electron chi connectivity index (χ1n) is 8.91. The number of anilines is 1. The van der Waals surface area contributed by atoms with Crippen molar-refractivity contribution in [2.45, 2.75) is 44.5 Å². The standard InChI is InChI=1S/C21H23NO4/c1-21(2)25-14-17(26-21)18-19(24-13-15-9-5-3-6-10-15)20(23)22(18)16-11-7-4-8-12-16/h3-12,17-19H,13-14H2,1-2H3/t17-,18+,19-/m1/s1. The quantitative estimate of drug-likeness (QED) is 0.775. The Bertz CT molecular complexity index is 762. The van der Waals surface area contributed by atoms with E-state index < -0.39 is 11.9 Å². The molecule has 5 nitrogen and oxygen atoms in total. The normalized spacial score (nSPS) is 27.4. The van der Waals surface area contributed by atoms with Crippen molar-refractivity contribution in [3.8, 4) is 0 Å². The molecule has 2 aliphatic heterocycles. The highest BCUT2D eigenvalue weighted by Crippen LogP contribution is 2.37. The van der Waals surface area contributed by atoms with Gasteiger partial charge in [0.05, 0.1) is 13.2 Å². The molecule has 0 aromatic heterocycles. The molecule has 1 amide bonds. The average molecular weight is 353 g/mol. The molecule has 0 bridgehead atoms. The Balaban J connectivity index is 1.54. The van der Waals surface area contributed by atoms with E-state index in [4.69, 9.17) is 14.2 Å². The van der Waals surface area contributed by atoms with E-state index >= 15 is 0 Å². The zero-order chi connectivity index (χ0) is 18.1. The van der Waals surface area contributed by atoms with Crippen molar-refractivity contribution in [2.75, 3.05) is 11.5 Å². The summed E-state index contributed by atoms with van der Waals surface area (Å²) in [4.78, 5) is 14.6. The van der Waals surface area contributed by atoms with Gasteiger partial charge in [0.15, 0.2) is 11.9 Å². The third-order valence-corrected chi connectivity index (χ3v) is 4.81. The second-order valence-corrected chi connectivity index (χ2v) is 7.12. The number of benzene rings is 2. The Morgan fingerprint density at radius 1 is 1.08 bits per heavy atom. The molecule has 2 aromatic carbocycles. The van der Waals surface area contributed by atoms with Gasteiger partial charge in [0.2, 0.25) is 0 Å². The predicted molar refractivity (Wildman–Crippen MR) is 97.6 cm³/mol. The van der Waals surface area contributed by atoms with Crippen LogP contribution in [0.15, 0.2) is 60.7 Å². The van der Waals surface area contributed by atoms with Crippen LogP contribution in [0.1, 0.15) is 19.4 Å². The first-order chi connectivity index (χ1) is 12.6. The molecule has 5 heteroatoms. The Morgan fingerprint density at radius 3 is 2.35 bits per heavy atom. The van der Waals surface area contributed by atoms with Crippen LogP contribution in [0.3, 0.4) is 0 Å². The highest BCUT2D eigenvalue weighted by Gasteiger charge is 2.56. The summed E-state index contributed by atoms with van der Waals surface area (Å²) in [5.41, 5.74) is 1.90. The Labute approximate surface area is 153 Å². The number of β-lactam (4-membered cyclic amide) rings is 1. The number of carbonyl (C=O) groups is 1. The number of hydrogen-bond donors (Lipinski definition) is 0. The van der Waals surface area contributed by atoms with Crippen LogP contribution in [0, 0.1) is 0 Å². The van der Waals surface area contributed by atoms with Crippen molar-refractivity contribution in [3.63, 3.8) is 0 Å². The fourth-order valence-corrected chi connectivity index (χ4v) is 3.55. The number of nitrogens with zero attached hydrogens (tertiary/aromatic N) is 1.